The number of amides is 1. The van der Waals surface area contributed by atoms with Crippen molar-refractivity contribution in [2.45, 2.75) is 5.92 Å². The lowest BCUT2D eigenvalue weighted by molar-refractivity contribution is 0.0696. The number of nitrogens with one attached hydrogen (secondary N) is 1. The maximum absolute atomic E-state index is 12.2. The Morgan fingerprint density at radius 1 is 1.00 bits per heavy atom. The van der Waals surface area contributed by atoms with Gasteiger partial charge in [0, 0.05) is 16.9 Å². The molecule has 1 aliphatic carbocycles. The zero-order valence-electron chi connectivity index (χ0n) is 16.5. The molecule has 0 saturated heterocycles. The number of carbonyl (C=O) groups excluding carboxylic acids is 1. The third-order valence-electron chi connectivity index (χ3n) is 5.25. The molecule has 0 spiro atoms. The summed E-state index contributed by atoms with van der Waals surface area (Å²) in [4.78, 5) is 23.5. The molecule has 0 fully saturated rings. The van der Waals surface area contributed by atoms with Crippen LogP contribution in [0.5, 0.6) is 0 Å². The number of carbonyl (C=O) groups is 2. The molecule has 5 nitrogen and oxygen atoms in total. The van der Waals surface area contributed by atoms with Crippen molar-refractivity contribution >= 4 is 34.1 Å². The fourth-order valence-electron chi connectivity index (χ4n) is 3.84. The van der Waals surface area contributed by atoms with Crippen LogP contribution < -0.4 is 5.32 Å². The molecule has 0 bridgehead atoms. The average Bonchev–Trinajstić information content (AvgIpc) is 3.09. The summed E-state index contributed by atoms with van der Waals surface area (Å²) >= 11 is 3.34. The van der Waals surface area contributed by atoms with Crippen LogP contribution in [0.1, 0.15) is 33.0 Å². The van der Waals surface area contributed by atoms with Gasteiger partial charge in [-0.05, 0) is 46.0 Å². The van der Waals surface area contributed by atoms with Gasteiger partial charge in [0.25, 0.3) is 0 Å². The van der Waals surface area contributed by atoms with Crippen molar-refractivity contribution < 1.29 is 19.4 Å². The molecule has 0 unspecified atom stereocenters. The minimum Gasteiger partial charge on any atom is -0.478 e. The van der Waals surface area contributed by atoms with E-state index in [0.717, 1.165) is 15.6 Å². The highest BCUT2D eigenvalue weighted by molar-refractivity contribution is 9.10. The second-order valence-corrected chi connectivity index (χ2v) is 8.06. The molecule has 0 saturated carbocycles. The van der Waals surface area contributed by atoms with Crippen LogP contribution in [0, 0.1) is 0 Å². The summed E-state index contributed by atoms with van der Waals surface area (Å²) in [5, 5.41) is 12.0. The van der Waals surface area contributed by atoms with Crippen LogP contribution in [-0.2, 0) is 4.74 Å². The quantitative estimate of drug-likeness (QED) is 0.477. The first kappa shape index (κ1) is 20.9. The van der Waals surface area contributed by atoms with E-state index < -0.39 is 12.1 Å². The van der Waals surface area contributed by atoms with Gasteiger partial charge in [0.2, 0.25) is 0 Å². The zero-order valence-corrected chi connectivity index (χ0v) is 18.1. The standard InChI is InChI=1S/C25H20BrNO4/c26-17-11-12-18(24(28)29)16(14-17)6-5-13-27-25(30)31-15-23-21-9-3-1-7-19(21)20-8-2-4-10-22(20)23/h1-12,14,23H,13,15H2,(H,27,30)(H,28,29). The van der Waals surface area contributed by atoms with Crippen molar-refractivity contribution in [3.63, 3.8) is 0 Å². The maximum atomic E-state index is 12.2. The molecule has 0 atom stereocenters. The predicted octanol–water partition coefficient (Wildman–Crippen LogP) is 5.70. The number of rotatable bonds is 6. The van der Waals surface area contributed by atoms with Gasteiger partial charge in [-0.25, -0.2) is 9.59 Å². The van der Waals surface area contributed by atoms with Gasteiger partial charge in [0.15, 0.2) is 0 Å². The normalized spacial score (nSPS) is 12.4. The fraction of sp³-hybridized carbons (Fsp3) is 0.120. The SMILES string of the molecule is O=C(NCC=Cc1cc(Br)ccc1C(=O)O)OCC1c2ccccc2-c2ccccc21. The minimum absolute atomic E-state index is 0.00786. The summed E-state index contributed by atoms with van der Waals surface area (Å²) in [5.41, 5.74) is 5.42. The highest BCUT2D eigenvalue weighted by Crippen LogP contribution is 2.44. The van der Waals surface area contributed by atoms with Crippen LogP contribution in [0.4, 0.5) is 4.79 Å². The van der Waals surface area contributed by atoms with Crippen molar-refractivity contribution in [2.24, 2.45) is 0 Å². The summed E-state index contributed by atoms with van der Waals surface area (Å²) in [6.07, 6.45) is 2.84. The molecule has 2 N–H and O–H groups in total. The van der Waals surface area contributed by atoms with E-state index in [-0.39, 0.29) is 24.6 Å². The van der Waals surface area contributed by atoms with Crippen molar-refractivity contribution in [1.29, 1.82) is 0 Å². The van der Waals surface area contributed by atoms with E-state index in [1.807, 2.05) is 24.3 Å². The lowest BCUT2D eigenvalue weighted by Gasteiger charge is -2.14. The Labute approximate surface area is 188 Å². The molecule has 3 aromatic carbocycles. The number of alkyl carbamates (subject to hydrolysis) is 1. The van der Waals surface area contributed by atoms with Crippen LogP contribution in [0.25, 0.3) is 17.2 Å². The Morgan fingerprint density at radius 2 is 1.65 bits per heavy atom. The van der Waals surface area contributed by atoms with Crippen LogP contribution in [0.2, 0.25) is 0 Å². The Hall–Kier alpha value is -3.38. The van der Waals surface area contributed by atoms with Crippen LogP contribution in [0.15, 0.2) is 77.3 Å². The van der Waals surface area contributed by atoms with E-state index in [4.69, 9.17) is 4.74 Å². The number of fused-ring (bicyclic) bond motifs is 3. The smallest absolute Gasteiger partial charge is 0.407 e. The van der Waals surface area contributed by atoms with Gasteiger partial charge in [0.05, 0.1) is 5.56 Å². The monoisotopic (exact) mass is 477 g/mol. The van der Waals surface area contributed by atoms with Crippen LogP contribution in [0.3, 0.4) is 0 Å². The summed E-state index contributed by atoms with van der Waals surface area (Å²) in [7, 11) is 0. The van der Waals surface area contributed by atoms with Gasteiger partial charge >= 0.3 is 12.1 Å². The average molecular weight is 478 g/mol. The van der Waals surface area contributed by atoms with Crippen LogP contribution in [-0.4, -0.2) is 30.3 Å². The van der Waals surface area contributed by atoms with Gasteiger partial charge in [-0.3, -0.25) is 0 Å². The lowest BCUT2D eigenvalue weighted by atomic mass is 9.98. The van der Waals surface area contributed by atoms with E-state index in [0.29, 0.717) is 5.56 Å². The molecule has 4 rings (SSSR count). The molecule has 0 radical (unpaired) electrons. The van der Waals surface area contributed by atoms with Gasteiger partial charge in [-0.2, -0.15) is 0 Å². The molecule has 6 heteroatoms. The fourth-order valence-corrected chi connectivity index (χ4v) is 4.22. The Bertz CT molecular complexity index is 1130. The van der Waals surface area contributed by atoms with E-state index in [2.05, 4.69) is 45.5 Å². The van der Waals surface area contributed by atoms with Crippen molar-refractivity contribution in [3.05, 3.63) is 99.5 Å². The highest BCUT2D eigenvalue weighted by atomic mass is 79.9. The summed E-state index contributed by atoms with van der Waals surface area (Å²) < 4.78 is 6.27. The first-order valence-corrected chi connectivity index (χ1v) is 10.6. The summed E-state index contributed by atoms with van der Waals surface area (Å²) in [6, 6.07) is 21.3. The largest absolute Gasteiger partial charge is 0.478 e. The first-order valence-electron chi connectivity index (χ1n) is 9.83. The van der Waals surface area contributed by atoms with E-state index in [9.17, 15) is 14.7 Å². The molecular weight excluding hydrogens is 458 g/mol. The number of hydrogen-bond donors (Lipinski definition) is 2. The van der Waals surface area contributed by atoms with Crippen LogP contribution >= 0.6 is 15.9 Å². The molecule has 0 aliphatic heterocycles. The number of benzene rings is 3. The number of ether oxygens (including phenoxy) is 1. The second kappa shape index (κ2) is 9.18. The zero-order chi connectivity index (χ0) is 21.8. The third-order valence-corrected chi connectivity index (χ3v) is 5.74. The first-order chi connectivity index (χ1) is 15.0. The molecule has 31 heavy (non-hydrogen) atoms. The summed E-state index contributed by atoms with van der Waals surface area (Å²) in [5.74, 6) is -0.995. The molecule has 156 valence electrons. The van der Waals surface area contributed by atoms with E-state index >= 15 is 0 Å². The molecule has 0 heterocycles. The second-order valence-electron chi connectivity index (χ2n) is 7.15. The number of carboxylic acids is 1. The number of aromatic carboxylic acids is 1. The topological polar surface area (TPSA) is 75.6 Å². The molecular formula is C25H20BrNO4. The van der Waals surface area contributed by atoms with Gasteiger partial charge in [-0.15, -0.1) is 0 Å². The molecule has 0 aromatic heterocycles. The number of carboxylic acid groups (broad SMARTS) is 1. The Kier molecular flexibility index (Phi) is 6.18. The number of halogens is 1. The Balaban J connectivity index is 1.35. The third kappa shape index (κ3) is 4.54. The number of hydrogen-bond acceptors (Lipinski definition) is 3. The predicted molar refractivity (Wildman–Crippen MR) is 123 cm³/mol. The van der Waals surface area contributed by atoms with Crippen molar-refractivity contribution in [3.8, 4) is 11.1 Å². The van der Waals surface area contributed by atoms with Gasteiger partial charge in [0.1, 0.15) is 6.61 Å². The minimum atomic E-state index is -1.00. The maximum Gasteiger partial charge on any atom is 0.407 e. The Morgan fingerprint density at radius 3 is 2.29 bits per heavy atom. The van der Waals surface area contributed by atoms with Crippen molar-refractivity contribution in [1.82, 2.24) is 5.32 Å². The highest BCUT2D eigenvalue weighted by Gasteiger charge is 2.28. The lowest BCUT2D eigenvalue weighted by Crippen LogP contribution is -2.26. The van der Waals surface area contributed by atoms with Crippen molar-refractivity contribution in [2.75, 3.05) is 13.2 Å². The molecule has 1 amide bonds. The molecule has 1 aliphatic rings. The van der Waals surface area contributed by atoms with Gasteiger partial charge in [-0.1, -0.05) is 76.6 Å². The van der Waals surface area contributed by atoms with E-state index in [1.54, 1.807) is 24.3 Å². The molecule has 3 aromatic rings. The summed E-state index contributed by atoms with van der Waals surface area (Å²) in [6.45, 7) is 0.473. The van der Waals surface area contributed by atoms with Gasteiger partial charge < -0.3 is 15.2 Å². The van der Waals surface area contributed by atoms with E-state index in [1.165, 1.54) is 17.2 Å².